The van der Waals surface area contributed by atoms with Crippen molar-refractivity contribution < 1.29 is 14.0 Å². The molecule has 2 amide bonds. The average Bonchev–Trinajstić information content (AvgIpc) is 3.15. The molecule has 4 rings (SSSR count). The molecule has 29 heavy (non-hydrogen) atoms. The molecule has 0 radical (unpaired) electrons. The number of aryl methyl sites for hydroxylation is 1. The van der Waals surface area contributed by atoms with Crippen LogP contribution >= 0.6 is 11.3 Å². The van der Waals surface area contributed by atoms with Gasteiger partial charge in [-0.1, -0.05) is 29.8 Å². The maximum atomic E-state index is 13.3. The van der Waals surface area contributed by atoms with E-state index in [1.807, 2.05) is 42.2 Å². The van der Waals surface area contributed by atoms with Crippen molar-refractivity contribution >= 4 is 23.2 Å². The molecule has 2 heterocycles. The van der Waals surface area contributed by atoms with E-state index in [4.69, 9.17) is 0 Å². The molecule has 0 saturated carbocycles. The third-order valence-electron chi connectivity index (χ3n) is 5.02. The molecular weight excluding hydrogens is 387 g/mol. The molecule has 0 fully saturated rings. The van der Waals surface area contributed by atoms with Gasteiger partial charge in [0.1, 0.15) is 5.82 Å². The van der Waals surface area contributed by atoms with Crippen LogP contribution in [0.25, 0.3) is 0 Å². The first-order chi connectivity index (χ1) is 14.0. The topological polar surface area (TPSA) is 49.4 Å². The van der Waals surface area contributed by atoms with E-state index < -0.39 is 0 Å². The largest absolute Gasteiger partial charge is 0.347 e. The minimum absolute atomic E-state index is 0.0129. The van der Waals surface area contributed by atoms with Crippen molar-refractivity contribution in [1.29, 1.82) is 0 Å². The van der Waals surface area contributed by atoms with E-state index in [1.165, 1.54) is 23.5 Å². The third kappa shape index (κ3) is 4.38. The van der Waals surface area contributed by atoms with Crippen molar-refractivity contribution in [2.75, 3.05) is 6.54 Å². The summed E-state index contributed by atoms with van der Waals surface area (Å²) in [5.74, 6) is -0.481. The van der Waals surface area contributed by atoms with Crippen molar-refractivity contribution in [2.45, 2.75) is 26.4 Å². The van der Waals surface area contributed by atoms with Gasteiger partial charge in [0.05, 0.1) is 4.88 Å². The van der Waals surface area contributed by atoms with Crippen molar-refractivity contribution in [3.63, 3.8) is 0 Å². The van der Waals surface area contributed by atoms with Crippen LogP contribution in [0.15, 0.2) is 54.6 Å². The van der Waals surface area contributed by atoms with Gasteiger partial charge in [-0.3, -0.25) is 9.59 Å². The van der Waals surface area contributed by atoms with Gasteiger partial charge in [-0.15, -0.1) is 11.3 Å². The molecule has 1 N–H and O–H groups in total. The summed E-state index contributed by atoms with van der Waals surface area (Å²) in [6.07, 6.45) is 0.745. The summed E-state index contributed by atoms with van der Waals surface area (Å²) in [4.78, 5) is 28.9. The number of thiophene rings is 1. The number of carbonyl (C=O) groups is 2. The van der Waals surface area contributed by atoms with E-state index >= 15 is 0 Å². The van der Waals surface area contributed by atoms with Crippen LogP contribution in [0.5, 0.6) is 0 Å². The van der Waals surface area contributed by atoms with Crippen LogP contribution in [0.3, 0.4) is 0 Å². The van der Waals surface area contributed by atoms with Gasteiger partial charge in [0.2, 0.25) is 0 Å². The van der Waals surface area contributed by atoms with Gasteiger partial charge in [0.15, 0.2) is 0 Å². The maximum absolute atomic E-state index is 13.3. The summed E-state index contributed by atoms with van der Waals surface area (Å²) in [7, 11) is 0. The molecule has 148 valence electrons. The highest BCUT2D eigenvalue weighted by Crippen LogP contribution is 2.29. The molecule has 1 aliphatic rings. The molecule has 1 aromatic heterocycles. The summed E-state index contributed by atoms with van der Waals surface area (Å²) < 4.78 is 13.3. The highest BCUT2D eigenvalue weighted by atomic mass is 32.1. The van der Waals surface area contributed by atoms with Crippen molar-refractivity contribution in [2.24, 2.45) is 0 Å². The molecular formula is C23H21FN2O2S. The number of amides is 2. The number of fused-ring (bicyclic) bond motifs is 1. The van der Waals surface area contributed by atoms with Gasteiger partial charge in [0, 0.05) is 30.1 Å². The van der Waals surface area contributed by atoms with Crippen LogP contribution < -0.4 is 5.32 Å². The molecule has 0 bridgehead atoms. The lowest BCUT2D eigenvalue weighted by molar-refractivity contribution is 0.0736. The fourth-order valence-corrected chi connectivity index (χ4v) is 4.49. The van der Waals surface area contributed by atoms with Crippen LogP contribution in [0.4, 0.5) is 4.39 Å². The lowest BCUT2D eigenvalue weighted by Crippen LogP contribution is -2.35. The first kappa shape index (κ1) is 19.3. The van der Waals surface area contributed by atoms with Crippen LogP contribution in [-0.4, -0.2) is 23.3 Å². The van der Waals surface area contributed by atoms with E-state index in [9.17, 15) is 14.0 Å². The zero-order chi connectivity index (χ0) is 20.4. The van der Waals surface area contributed by atoms with Crippen molar-refractivity contribution in [3.05, 3.63) is 92.4 Å². The molecule has 4 nitrogen and oxygen atoms in total. The Balaban J connectivity index is 1.42. The van der Waals surface area contributed by atoms with Gasteiger partial charge in [-0.2, -0.15) is 0 Å². The smallest absolute Gasteiger partial charge is 0.261 e. The first-order valence-electron chi connectivity index (χ1n) is 9.50. The summed E-state index contributed by atoms with van der Waals surface area (Å²) in [5, 5.41) is 2.84. The van der Waals surface area contributed by atoms with Gasteiger partial charge in [-0.05, 0) is 54.8 Å². The lowest BCUT2D eigenvalue weighted by Gasteiger charge is -2.27. The normalized spacial score (nSPS) is 13.1. The maximum Gasteiger partial charge on any atom is 0.261 e. The Morgan fingerprint density at radius 1 is 1.14 bits per heavy atom. The third-order valence-corrected chi connectivity index (χ3v) is 6.25. The standard InChI is InChI=1S/C23H21FN2O2S/c1-15-5-7-17(8-6-15)23(28)26-10-9-20-18(14-26)12-21(29-20)22(27)25-13-16-3-2-4-19(24)11-16/h2-8,11-12H,9-10,13-14H2,1H3,(H,25,27). The second-order valence-corrected chi connectivity index (χ2v) is 8.35. The first-order valence-corrected chi connectivity index (χ1v) is 10.3. The van der Waals surface area contributed by atoms with Crippen molar-refractivity contribution in [1.82, 2.24) is 10.2 Å². The Bertz CT molecular complexity index is 1060. The second kappa shape index (κ2) is 8.17. The minimum Gasteiger partial charge on any atom is -0.347 e. The van der Waals surface area contributed by atoms with E-state index in [2.05, 4.69) is 5.32 Å². The van der Waals surface area contributed by atoms with Gasteiger partial charge in [-0.25, -0.2) is 4.39 Å². The Labute approximate surface area is 173 Å². The number of nitrogens with zero attached hydrogens (tertiary/aromatic N) is 1. The summed E-state index contributed by atoms with van der Waals surface area (Å²) in [6.45, 7) is 3.42. The molecule has 0 spiro atoms. The Morgan fingerprint density at radius 3 is 2.69 bits per heavy atom. The van der Waals surface area contributed by atoms with Crippen LogP contribution in [-0.2, 0) is 19.5 Å². The SMILES string of the molecule is Cc1ccc(C(=O)N2CCc3sc(C(=O)NCc4cccc(F)c4)cc3C2)cc1. The second-order valence-electron chi connectivity index (χ2n) is 7.21. The summed E-state index contributed by atoms with van der Waals surface area (Å²) in [5.41, 5.74) is 3.55. The molecule has 0 aliphatic carbocycles. The zero-order valence-corrected chi connectivity index (χ0v) is 16.9. The quantitative estimate of drug-likeness (QED) is 0.699. The molecule has 0 atom stereocenters. The number of hydrogen-bond acceptors (Lipinski definition) is 3. The van der Waals surface area contributed by atoms with Crippen molar-refractivity contribution in [3.8, 4) is 0 Å². The summed E-state index contributed by atoms with van der Waals surface area (Å²) >= 11 is 1.47. The molecule has 6 heteroatoms. The predicted octanol–water partition coefficient (Wildman–Crippen LogP) is 4.32. The van der Waals surface area contributed by atoms with E-state index in [-0.39, 0.29) is 24.2 Å². The fraction of sp³-hybridized carbons (Fsp3) is 0.217. The number of hydrogen-bond donors (Lipinski definition) is 1. The Hall–Kier alpha value is -2.99. The molecule has 0 saturated heterocycles. The average molecular weight is 408 g/mol. The lowest BCUT2D eigenvalue weighted by atomic mass is 10.1. The number of carbonyl (C=O) groups excluding carboxylic acids is 2. The summed E-state index contributed by atoms with van der Waals surface area (Å²) in [6, 6.07) is 15.6. The van der Waals surface area contributed by atoms with Gasteiger partial charge < -0.3 is 10.2 Å². The van der Waals surface area contributed by atoms with Crippen LogP contribution in [0.2, 0.25) is 0 Å². The highest BCUT2D eigenvalue weighted by molar-refractivity contribution is 7.14. The molecule has 0 unspecified atom stereocenters. The fourth-order valence-electron chi connectivity index (χ4n) is 3.41. The Kier molecular flexibility index (Phi) is 5.45. The molecule has 1 aliphatic heterocycles. The van der Waals surface area contributed by atoms with E-state index in [0.29, 0.717) is 23.5 Å². The Morgan fingerprint density at radius 2 is 1.93 bits per heavy atom. The number of rotatable bonds is 4. The predicted molar refractivity (Wildman–Crippen MR) is 112 cm³/mol. The zero-order valence-electron chi connectivity index (χ0n) is 16.1. The highest BCUT2D eigenvalue weighted by Gasteiger charge is 2.25. The number of nitrogens with one attached hydrogen (secondary N) is 1. The van der Waals surface area contributed by atoms with E-state index in [0.717, 1.165) is 28.0 Å². The molecule has 3 aromatic rings. The number of halogens is 1. The monoisotopic (exact) mass is 408 g/mol. The van der Waals surface area contributed by atoms with Gasteiger partial charge >= 0.3 is 0 Å². The molecule has 2 aromatic carbocycles. The van der Waals surface area contributed by atoms with Crippen LogP contribution in [0, 0.1) is 12.7 Å². The van der Waals surface area contributed by atoms with Gasteiger partial charge in [0.25, 0.3) is 11.8 Å². The minimum atomic E-state index is -0.318. The number of benzene rings is 2. The van der Waals surface area contributed by atoms with E-state index in [1.54, 1.807) is 12.1 Å². The van der Waals surface area contributed by atoms with Crippen LogP contribution in [0.1, 0.15) is 41.6 Å².